The van der Waals surface area contributed by atoms with Gasteiger partial charge in [-0.2, -0.15) is 11.1 Å². The Kier molecular flexibility index (Phi) is 5.03. The van der Waals surface area contributed by atoms with E-state index < -0.39 is 27.0 Å². The first-order valence-electron chi connectivity index (χ1n) is 9.40. The molecular weight excluding hydrogens is 442 g/mol. The maximum atomic E-state index is 13.1. The summed E-state index contributed by atoms with van der Waals surface area (Å²) in [5.41, 5.74) is 20.0. The van der Waals surface area contributed by atoms with E-state index in [1.165, 1.54) is 0 Å². The molecule has 14 heteroatoms. The van der Waals surface area contributed by atoms with Crippen molar-refractivity contribution in [2.24, 2.45) is 5.14 Å². The van der Waals surface area contributed by atoms with Gasteiger partial charge in [0.05, 0.1) is 32.0 Å². The van der Waals surface area contributed by atoms with Crippen molar-refractivity contribution in [1.29, 1.82) is 0 Å². The van der Waals surface area contributed by atoms with Crippen molar-refractivity contribution >= 4 is 37.8 Å². The molecule has 3 heterocycles. The average Bonchev–Trinajstić information content (AvgIpc) is 3.32. The van der Waals surface area contributed by atoms with Crippen molar-refractivity contribution in [3.63, 3.8) is 0 Å². The second-order valence-electron chi connectivity index (χ2n) is 7.30. The number of hydrazine groups is 3. The van der Waals surface area contributed by atoms with E-state index in [1.54, 1.807) is 18.2 Å². The Morgan fingerprint density at radius 1 is 1.10 bits per heavy atom. The number of nitrogens with zero attached hydrogens (tertiary/aromatic N) is 1. The van der Waals surface area contributed by atoms with Crippen LogP contribution in [-0.2, 0) is 20.8 Å². The molecule has 1 atom stereocenters. The molecule has 0 saturated carbocycles. The summed E-state index contributed by atoms with van der Waals surface area (Å²) in [6.07, 6.45) is -0.665. The van der Waals surface area contributed by atoms with Crippen molar-refractivity contribution in [3.8, 4) is 11.1 Å². The highest BCUT2D eigenvalue weighted by Crippen LogP contribution is 2.37. The van der Waals surface area contributed by atoms with Crippen LogP contribution in [0.2, 0.25) is 0 Å². The van der Waals surface area contributed by atoms with Crippen LogP contribution in [0.4, 0.5) is 5.95 Å². The molecule has 1 unspecified atom stereocenters. The summed E-state index contributed by atoms with van der Waals surface area (Å²) >= 11 is 0. The first-order valence-corrected chi connectivity index (χ1v) is 12.2. The van der Waals surface area contributed by atoms with E-state index in [2.05, 4.69) is 37.2 Å². The second kappa shape index (κ2) is 7.61. The van der Waals surface area contributed by atoms with Crippen LogP contribution in [-0.4, -0.2) is 40.9 Å². The molecule has 2 aliphatic heterocycles. The number of hydrogen-bond acceptors (Lipinski definition) is 10. The van der Waals surface area contributed by atoms with Crippen LogP contribution in [0.1, 0.15) is 11.7 Å². The van der Waals surface area contributed by atoms with Gasteiger partial charge >= 0.3 is 0 Å². The Morgan fingerprint density at radius 3 is 2.48 bits per heavy atom. The first-order chi connectivity index (χ1) is 14.8. The number of H-pyrrole nitrogens is 1. The van der Waals surface area contributed by atoms with Crippen LogP contribution in [0.5, 0.6) is 0 Å². The van der Waals surface area contributed by atoms with Gasteiger partial charge in [0.2, 0.25) is 10.0 Å². The Morgan fingerprint density at radius 2 is 1.84 bits per heavy atom. The lowest BCUT2D eigenvalue weighted by Gasteiger charge is -2.28. The van der Waals surface area contributed by atoms with Gasteiger partial charge in [-0.3, -0.25) is 4.21 Å². The second-order valence-corrected chi connectivity index (χ2v) is 10.5. The summed E-state index contributed by atoms with van der Waals surface area (Å²) in [5.74, 6) is 0.282. The Bertz CT molecular complexity index is 1300. The molecular formula is C17H21N9O3S2. The summed E-state index contributed by atoms with van der Waals surface area (Å²) in [5, 5.41) is 8.54. The minimum Gasteiger partial charge on any atom is -0.369 e. The molecule has 0 bridgehead atoms. The SMILES string of the molecule is Nc1nc2ccc(-c3ccc(S(=O)C4CNC4)c(S(N)(=O)=O)c3C3NNNN3)cc2[nH]1. The largest absolute Gasteiger partial charge is 0.369 e. The molecule has 2 saturated heterocycles. The van der Waals surface area contributed by atoms with Crippen LogP contribution >= 0.6 is 0 Å². The number of nitrogens with two attached hydrogens (primary N) is 2. The third-order valence-corrected chi connectivity index (χ3v) is 8.15. The Labute approximate surface area is 180 Å². The zero-order valence-electron chi connectivity index (χ0n) is 16.1. The predicted octanol–water partition coefficient (Wildman–Crippen LogP) is -1.35. The summed E-state index contributed by atoms with van der Waals surface area (Å²) in [6, 6.07) is 8.76. The molecule has 5 rings (SSSR count). The third-order valence-electron chi connectivity index (χ3n) is 5.30. The number of nitrogen functional groups attached to an aromatic ring is 1. The molecule has 10 N–H and O–H groups in total. The number of anilines is 1. The number of imidazole rings is 1. The van der Waals surface area contributed by atoms with E-state index in [0.717, 1.165) is 0 Å². The van der Waals surface area contributed by atoms with Crippen LogP contribution < -0.4 is 38.1 Å². The number of hydrogen-bond donors (Lipinski definition) is 8. The van der Waals surface area contributed by atoms with Gasteiger partial charge in [-0.05, 0) is 29.3 Å². The van der Waals surface area contributed by atoms with Gasteiger partial charge in [0.15, 0.2) is 5.95 Å². The molecule has 1 aromatic heterocycles. The monoisotopic (exact) mass is 463 g/mol. The number of sulfonamides is 1. The smallest absolute Gasteiger partial charge is 0.239 e. The zero-order valence-corrected chi connectivity index (χ0v) is 17.7. The van der Waals surface area contributed by atoms with E-state index in [1.807, 2.05) is 12.1 Å². The van der Waals surface area contributed by atoms with Gasteiger partial charge in [-0.25, -0.2) is 29.4 Å². The lowest BCUT2D eigenvalue weighted by Crippen LogP contribution is -2.49. The van der Waals surface area contributed by atoms with E-state index in [0.29, 0.717) is 40.8 Å². The number of rotatable bonds is 5. The third kappa shape index (κ3) is 3.62. The fraction of sp³-hybridized carbons (Fsp3) is 0.235. The van der Waals surface area contributed by atoms with E-state index in [4.69, 9.17) is 10.9 Å². The first kappa shape index (κ1) is 20.5. The van der Waals surface area contributed by atoms with Gasteiger partial charge < -0.3 is 16.0 Å². The molecule has 0 radical (unpaired) electrons. The van der Waals surface area contributed by atoms with Gasteiger partial charge in [-0.1, -0.05) is 12.1 Å². The number of benzene rings is 2. The fourth-order valence-electron chi connectivity index (χ4n) is 3.76. The summed E-state index contributed by atoms with van der Waals surface area (Å²) in [4.78, 5) is 7.20. The maximum Gasteiger partial charge on any atom is 0.239 e. The molecule has 2 fully saturated rings. The molecule has 2 aromatic carbocycles. The number of fused-ring (bicyclic) bond motifs is 1. The van der Waals surface area contributed by atoms with Gasteiger partial charge in [-0.15, -0.1) is 0 Å². The summed E-state index contributed by atoms with van der Waals surface area (Å²) < 4.78 is 38.7. The van der Waals surface area contributed by atoms with Crippen LogP contribution in [0, 0.1) is 0 Å². The molecule has 31 heavy (non-hydrogen) atoms. The average molecular weight is 464 g/mol. The normalized spacial score (nSPS) is 19.0. The summed E-state index contributed by atoms with van der Waals surface area (Å²) in [6.45, 7) is 1.10. The molecule has 2 aliphatic rings. The molecule has 164 valence electrons. The van der Waals surface area contributed by atoms with E-state index >= 15 is 0 Å². The van der Waals surface area contributed by atoms with Crippen LogP contribution in [0.3, 0.4) is 0 Å². The quantitative estimate of drug-likeness (QED) is 0.224. The molecule has 0 amide bonds. The zero-order chi connectivity index (χ0) is 21.8. The minimum absolute atomic E-state index is 0.157. The predicted molar refractivity (Wildman–Crippen MR) is 116 cm³/mol. The van der Waals surface area contributed by atoms with Gasteiger partial charge in [0.25, 0.3) is 0 Å². The highest BCUT2D eigenvalue weighted by Gasteiger charge is 2.34. The van der Waals surface area contributed by atoms with Crippen molar-refractivity contribution < 1.29 is 12.6 Å². The van der Waals surface area contributed by atoms with Crippen molar-refractivity contribution in [2.45, 2.75) is 21.2 Å². The Hall–Kier alpha value is -2.43. The van der Waals surface area contributed by atoms with Crippen molar-refractivity contribution in [1.82, 2.24) is 37.2 Å². The van der Waals surface area contributed by atoms with E-state index in [-0.39, 0.29) is 21.0 Å². The van der Waals surface area contributed by atoms with Crippen molar-refractivity contribution in [2.75, 3.05) is 18.8 Å². The molecule has 0 spiro atoms. The van der Waals surface area contributed by atoms with Gasteiger partial charge in [0, 0.05) is 18.7 Å². The lowest BCUT2D eigenvalue weighted by molar-refractivity contribution is 0.521. The summed E-state index contributed by atoms with van der Waals surface area (Å²) in [7, 11) is -5.77. The highest BCUT2D eigenvalue weighted by molar-refractivity contribution is 7.91. The molecule has 0 aliphatic carbocycles. The standard InChI is InChI=1S/C17H21N9O3S2/c18-17-21-11-3-1-8(5-12(11)22-17)10-2-4-13(30(27)9-6-20-7-9)15(31(19,28)29)14(10)16-23-25-26-24-16/h1-5,9,16,20,23-26H,6-7H2,(H3,18,21,22)(H2,19,28,29). The van der Waals surface area contributed by atoms with Gasteiger partial charge in [0.1, 0.15) is 11.1 Å². The number of nitrogens with one attached hydrogen (secondary N) is 6. The van der Waals surface area contributed by atoms with Crippen LogP contribution in [0.15, 0.2) is 40.1 Å². The molecule has 3 aromatic rings. The minimum atomic E-state index is -4.22. The number of primary sulfonamides is 1. The fourth-order valence-corrected chi connectivity index (χ4v) is 6.63. The molecule has 12 nitrogen and oxygen atoms in total. The lowest BCUT2D eigenvalue weighted by atomic mass is 9.97. The maximum absolute atomic E-state index is 13.1. The topological polar surface area (TPSA) is 192 Å². The number of aromatic amines is 1. The number of aromatic nitrogens is 2. The Balaban J connectivity index is 1.76. The van der Waals surface area contributed by atoms with E-state index in [9.17, 15) is 12.6 Å². The highest BCUT2D eigenvalue weighted by atomic mass is 32.2. The van der Waals surface area contributed by atoms with Crippen molar-refractivity contribution in [3.05, 3.63) is 35.9 Å². The van der Waals surface area contributed by atoms with Crippen LogP contribution in [0.25, 0.3) is 22.2 Å².